The molecule has 0 radical (unpaired) electrons. The van der Waals surface area contributed by atoms with Crippen LogP contribution in [-0.4, -0.2) is 106 Å². The average molecular weight is 531 g/mol. The van der Waals surface area contributed by atoms with Crippen LogP contribution in [0.5, 0.6) is 0 Å². The second-order valence-electron chi connectivity index (χ2n) is 7.36. The molecule has 194 valence electrons. The third-order valence-electron chi connectivity index (χ3n) is 4.45. The van der Waals surface area contributed by atoms with E-state index in [-0.39, 0.29) is 13.1 Å². The van der Waals surface area contributed by atoms with E-state index in [4.69, 9.17) is 0 Å². The quantitative estimate of drug-likeness (QED) is 0.139. The summed E-state index contributed by atoms with van der Waals surface area (Å²) in [6, 6.07) is -1.55. The summed E-state index contributed by atoms with van der Waals surface area (Å²) in [7, 11) is -7.82. The van der Waals surface area contributed by atoms with E-state index >= 15 is 0 Å². The number of carbonyl (C=O) groups excluding carboxylic acids is 1. The molecule has 0 saturated carbocycles. The molecule has 0 fully saturated rings. The number of aliphatic hydroxyl groups is 1. The Bertz CT molecular complexity index is 1020. The van der Waals surface area contributed by atoms with Gasteiger partial charge in [-0.15, -0.1) is 0 Å². The number of nitro groups is 2. The summed E-state index contributed by atoms with van der Waals surface area (Å²) in [5, 5.41) is 35.1. The fourth-order valence-electron chi connectivity index (χ4n) is 3.04. The second kappa shape index (κ2) is 11.8. The summed E-state index contributed by atoms with van der Waals surface area (Å²) in [4.78, 5) is 35.6. The summed E-state index contributed by atoms with van der Waals surface area (Å²) < 4.78 is 54.5. The fraction of sp³-hybridized carbons (Fsp3) is 0.688. The summed E-state index contributed by atoms with van der Waals surface area (Å²) in [5.74, 6) is -1.29. The van der Waals surface area contributed by atoms with Crippen LogP contribution in [0.3, 0.4) is 0 Å². The molecule has 1 amide bonds. The van der Waals surface area contributed by atoms with Crippen LogP contribution in [0.25, 0.3) is 0 Å². The predicted molar refractivity (Wildman–Crippen MR) is 116 cm³/mol. The van der Waals surface area contributed by atoms with Gasteiger partial charge in [0.25, 0.3) is 25.9 Å². The number of rotatable bonds is 14. The fourth-order valence-corrected chi connectivity index (χ4v) is 3.79. The first kappa shape index (κ1) is 29.5. The Labute approximate surface area is 195 Å². The van der Waals surface area contributed by atoms with E-state index in [1.807, 2.05) is 0 Å². The number of aliphatic hydroxyl groups excluding tert-OH is 1. The second-order valence-corrected chi connectivity index (χ2v) is 10.6. The van der Waals surface area contributed by atoms with Gasteiger partial charge in [-0.3, -0.25) is 38.3 Å². The zero-order chi connectivity index (χ0) is 26.3. The average Bonchev–Trinajstić information content (AvgIpc) is 2.68. The van der Waals surface area contributed by atoms with Crippen LogP contribution in [0.2, 0.25) is 0 Å². The van der Waals surface area contributed by atoms with Gasteiger partial charge in [-0.25, -0.2) is 0 Å². The maximum atomic E-state index is 13.0. The molecule has 16 nitrogen and oxygen atoms in total. The Morgan fingerprint density at radius 2 is 1.68 bits per heavy atom. The van der Waals surface area contributed by atoms with E-state index in [1.165, 1.54) is 6.92 Å². The topological polar surface area (TPSA) is 226 Å². The number of carbonyl (C=O) groups is 1. The van der Waals surface area contributed by atoms with Gasteiger partial charge < -0.3 is 10.4 Å². The van der Waals surface area contributed by atoms with Gasteiger partial charge >= 0.3 is 11.4 Å². The Morgan fingerprint density at radius 3 is 2.06 bits per heavy atom. The first-order valence-corrected chi connectivity index (χ1v) is 13.2. The molecule has 18 heteroatoms. The van der Waals surface area contributed by atoms with Crippen molar-refractivity contribution in [1.82, 2.24) is 10.2 Å². The van der Waals surface area contributed by atoms with Gasteiger partial charge in [-0.05, 0) is 6.92 Å². The summed E-state index contributed by atoms with van der Waals surface area (Å²) in [6.45, 7) is -0.895. The van der Waals surface area contributed by atoms with Crippen molar-refractivity contribution in [2.75, 3.05) is 45.4 Å². The number of nitrogens with one attached hydrogen (secondary N) is 1. The molecule has 0 bridgehead atoms. The molecule has 1 aliphatic rings. The molecule has 3 atom stereocenters. The van der Waals surface area contributed by atoms with Gasteiger partial charge in [-0.2, -0.15) is 16.8 Å². The monoisotopic (exact) mass is 530 g/mol. The minimum atomic E-state index is -3.91. The Morgan fingerprint density at radius 1 is 1.18 bits per heavy atom. The van der Waals surface area contributed by atoms with Crippen molar-refractivity contribution < 1.29 is 44.9 Å². The molecule has 0 heterocycles. The Balaban J connectivity index is 3.48. The van der Waals surface area contributed by atoms with Gasteiger partial charge in [0.2, 0.25) is 0 Å². The third kappa shape index (κ3) is 8.69. The maximum absolute atomic E-state index is 13.0. The summed E-state index contributed by atoms with van der Waals surface area (Å²) in [6.07, 6.45) is 2.91. The van der Waals surface area contributed by atoms with Gasteiger partial charge in [-0.1, -0.05) is 6.08 Å². The van der Waals surface area contributed by atoms with E-state index in [2.05, 4.69) is 13.7 Å². The minimum Gasteiger partial charge on any atom is -0.392 e. The largest absolute Gasteiger partial charge is 0.392 e. The lowest BCUT2D eigenvalue weighted by Gasteiger charge is -2.37. The van der Waals surface area contributed by atoms with Crippen molar-refractivity contribution in [1.29, 1.82) is 0 Å². The van der Waals surface area contributed by atoms with Crippen molar-refractivity contribution in [2.24, 2.45) is 0 Å². The van der Waals surface area contributed by atoms with E-state index in [1.54, 1.807) is 0 Å². The Kier molecular flexibility index (Phi) is 10.2. The van der Waals surface area contributed by atoms with E-state index < -0.39 is 79.1 Å². The molecule has 0 aromatic heterocycles. The van der Waals surface area contributed by atoms with Gasteiger partial charge in [0, 0.05) is 30.6 Å². The zero-order valence-electron chi connectivity index (χ0n) is 18.5. The van der Waals surface area contributed by atoms with Crippen molar-refractivity contribution >= 4 is 26.1 Å². The van der Waals surface area contributed by atoms with Crippen LogP contribution in [-0.2, 0) is 33.4 Å². The molecule has 0 aromatic carbocycles. The number of allylic oxidation sites excluding steroid dienone is 1. The van der Waals surface area contributed by atoms with E-state index in [9.17, 15) is 47.0 Å². The van der Waals surface area contributed by atoms with Gasteiger partial charge in [0.05, 0.1) is 42.8 Å². The number of hydrogen-bond acceptors (Lipinski definition) is 13. The minimum absolute atomic E-state index is 0.365. The molecular weight excluding hydrogens is 504 g/mol. The van der Waals surface area contributed by atoms with Crippen LogP contribution < -0.4 is 5.32 Å². The molecule has 1 aliphatic carbocycles. The number of hydrogen-bond donors (Lipinski definition) is 2. The van der Waals surface area contributed by atoms with Crippen LogP contribution in [0, 0.1) is 20.2 Å². The van der Waals surface area contributed by atoms with Crippen molar-refractivity contribution in [3.8, 4) is 0 Å². The molecule has 0 spiro atoms. The smallest absolute Gasteiger partial charge is 0.342 e. The van der Waals surface area contributed by atoms with Crippen LogP contribution in [0.4, 0.5) is 0 Å². The lowest BCUT2D eigenvalue weighted by molar-refractivity contribution is -0.547. The molecule has 0 aromatic rings. The molecule has 34 heavy (non-hydrogen) atoms. The highest BCUT2D eigenvalue weighted by Crippen LogP contribution is 2.30. The summed E-state index contributed by atoms with van der Waals surface area (Å²) >= 11 is 0. The lowest BCUT2D eigenvalue weighted by atomic mass is 9.83. The molecule has 0 saturated heterocycles. The number of nitrogens with zero attached hydrogens (tertiary/aromatic N) is 3. The molecule has 1 rings (SSSR count). The van der Waals surface area contributed by atoms with Crippen LogP contribution >= 0.6 is 0 Å². The predicted octanol–water partition coefficient (Wildman–Crippen LogP) is -2.15. The van der Waals surface area contributed by atoms with E-state index in [0.29, 0.717) is 6.08 Å². The zero-order valence-corrected chi connectivity index (χ0v) is 20.2. The van der Waals surface area contributed by atoms with Crippen LogP contribution in [0.15, 0.2) is 23.9 Å². The maximum Gasteiger partial charge on any atom is 0.342 e. The first-order valence-electron chi connectivity index (χ1n) is 9.58. The molecule has 0 aliphatic heterocycles. The lowest BCUT2D eigenvalue weighted by Crippen LogP contribution is -2.65. The van der Waals surface area contributed by atoms with E-state index in [0.717, 1.165) is 29.6 Å². The normalized spacial score (nSPS) is 21.7. The SMILES string of the molecule is CC(O)CNC(=O)C1([N+](=O)[O-])C=C([N+](=O)[O-])C=CC1N(CCOS(C)(=O)=O)CCOS(C)(=O)=O. The summed E-state index contributed by atoms with van der Waals surface area (Å²) in [5.41, 5.74) is -3.54. The molecular formula is C16H26N4O12S2. The van der Waals surface area contributed by atoms with Gasteiger partial charge in [0.15, 0.2) is 0 Å². The van der Waals surface area contributed by atoms with Crippen molar-refractivity contribution in [3.05, 3.63) is 44.2 Å². The highest BCUT2D eigenvalue weighted by Gasteiger charge is 2.60. The molecule has 2 N–H and O–H groups in total. The standard InChI is InChI=1S/C16H26N4O12S2/c1-12(21)11-17-15(22)16(20(25)26)10-13(19(23)24)4-5-14(16)18(6-8-31-33(2,27)28)7-9-32-34(3,29)30/h4-5,10,12,14,21H,6-9,11H2,1-3H3,(H,17,22). The first-order chi connectivity index (χ1) is 15.5. The highest BCUT2D eigenvalue weighted by atomic mass is 32.2. The third-order valence-corrected chi connectivity index (χ3v) is 5.64. The van der Waals surface area contributed by atoms with Crippen LogP contribution in [0.1, 0.15) is 6.92 Å². The highest BCUT2D eigenvalue weighted by molar-refractivity contribution is 7.86. The van der Waals surface area contributed by atoms with Crippen molar-refractivity contribution in [3.63, 3.8) is 0 Å². The molecule has 3 unspecified atom stereocenters. The van der Waals surface area contributed by atoms with Gasteiger partial charge in [0.1, 0.15) is 6.04 Å². The number of amides is 1. The van der Waals surface area contributed by atoms with Crippen molar-refractivity contribution in [2.45, 2.75) is 24.6 Å². The Hall–Kier alpha value is -2.51.